The highest BCUT2D eigenvalue weighted by Gasteiger charge is 2.10. The van der Waals surface area contributed by atoms with E-state index in [9.17, 15) is 9.59 Å². The van der Waals surface area contributed by atoms with Crippen molar-refractivity contribution in [2.75, 3.05) is 12.4 Å². The molecule has 1 N–H and O–H groups in total. The molecule has 7 nitrogen and oxygen atoms in total. The molecule has 0 radical (unpaired) electrons. The number of hydrogen-bond acceptors (Lipinski definition) is 5. The van der Waals surface area contributed by atoms with Gasteiger partial charge >= 0.3 is 0 Å². The van der Waals surface area contributed by atoms with Crippen molar-refractivity contribution >= 4 is 22.6 Å². The number of carbonyl (C=O) groups excluding carboxylic acids is 1. The van der Waals surface area contributed by atoms with Crippen molar-refractivity contribution in [2.24, 2.45) is 0 Å². The van der Waals surface area contributed by atoms with Gasteiger partial charge in [-0.3, -0.25) is 14.2 Å². The number of nitrogens with one attached hydrogen (secondary N) is 1. The van der Waals surface area contributed by atoms with E-state index in [2.05, 4.69) is 10.3 Å². The fourth-order valence-electron chi connectivity index (χ4n) is 3.06. The van der Waals surface area contributed by atoms with Gasteiger partial charge in [0.25, 0.3) is 5.56 Å². The number of hydrogen-bond donors (Lipinski definition) is 1. The second-order valence-electron chi connectivity index (χ2n) is 6.50. The number of ether oxygens (including phenoxy) is 2. The summed E-state index contributed by atoms with van der Waals surface area (Å²) in [5, 5.41) is 2.80. The quantitative estimate of drug-likeness (QED) is 0.531. The Labute approximate surface area is 172 Å². The number of benzene rings is 3. The molecule has 150 valence electrons. The second-order valence-corrected chi connectivity index (χ2v) is 6.50. The summed E-state index contributed by atoms with van der Waals surface area (Å²) >= 11 is 0. The van der Waals surface area contributed by atoms with E-state index in [1.54, 1.807) is 49.6 Å². The van der Waals surface area contributed by atoms with Gasteiger partial charge in [-0.2, -0.15) is 0 Å². The zero-order valence-electron chi connectivity index (χ0n) is 16.2. The molecule has 0 saturated heterocycles. The summed E-state index contributed by atoms with van der Waals surface area (Å²) in [4.78, 5) is 28.8. The number of fused-ring (bicyclic) bond motifs is 1. The predicted molar refractivity (Wildman–Crippen MR) is 114 cm³/mol. The van der Waals surface area contributed by atoms with Crippen LogP contribution in [-0.2, 0) is 11.3 Å². The van der Waals surface area contributed by atoms with Gasteiger partial charge in [0.05, 0.1) is 24.3 Å². The maximum absolute atomic E-state index is 12.5. The molecule has 3 aromatic carbocycles. The number of methoxy groups -OCH3 is 1. The Morgan fingerprint density at radius 1 is 0.967 bits per heavy atom. The van der Waals surface area contributed by atoms with E-state index in [0.717, 1.165) is 0 Å². The number of rotatable bonds is 6. The third-order valence-corrected chi connectivity index (χ3v) is 4.49. The smallest absolute Gasteiger partial charge is 0.269 e. The number of para-hydroxylation sites is 4. The number of amides is 1. The van der Waals surface area contributed by atoms with Gasteiger partial charge in [0.15, 0.2) is 11.5 Å². The van der Waals surface area contributed by atoms with Crippen LogP contribution in [0.2, 0.25) is 0 Å². The van der Waals surface area contributed by atoms with Crippen molar-refractivity contribution < 1.29 is 14.3 Å². The third-order valence-electron chi connectivity index (χ3n) is 4.49. The van der Waals surface area contributed by atoms with Crippen molar-refractivity contribution in [3.05, 3.63) is 89.3 Å². The van der Waals surface area contributed by atoms with Gasteiger partial charge in [-0.25, -0.2) is 4.98 Å². The molecule has 7 heteroatoms. The fraction of sp³-hybridized carbons (Fsp3) is 0.0870. The van der Waals surface area contributed by atoms with Crippen LogP contribution in [-0.4, -0.2) is 22.6 Å². The number of carbonyl (C=O) groups is 1. The van der Waals surface area contributed by atoms with E-state index >= 15 is 0 Å². The number of nitrogens with zero attached hydrogens (tertiary/aromatic N) is 2. The zero-order chi connectivity index (χ0) is 20.9. The first kappa shape index (κ1) is 19.2. The van der Waals surface area contributed by atoms with Gasteiger partial charge in [0, 0.05) is 5.69 Å². The molecule has 0 spiro atoms. The predicted octanol–water partition coefficient (Wildman–Crippen LogP) is 3.84. The molecule has 4 aromatic rings. The van der Waals surface area contributed by atoms with E-state index in [4.69, 9.17) is 9.47 Å². The van der Waals surface area contributed by atoms with E-state index < -0.39 is 0 Å². The van der Waals surface area contributed by atoms with Crippen molar-refractivity contribution in [3.63, 3.8) is 0 Å². The highest BCUT2D eigenvalue weighted by Crippen LogP contribution is 2.31. The maximum atomic E-state index is 12.5. The Morgan fingerprint density at radius 3 is 2.43 bits per heavy atom. The van der Waals surface area contributed by atoms with Crippen molar-refractivity contribution in [3.8, 4) is 17.2 Å². The van der Waals surface area contributed by atoms with Crippen molar-refractivity contribution in [1.82, 2.24) is 9.55 Å². The van der Waals surface area contributed by atoms with E-state index in [1.807, 2.05) is 30.3 Å². The minimum atomic E-state index is -0.329. The SMILES string of the molecule is COc1ccccc1Oc1ccc(NC(=O)Cn2c(=O)cnc3ccccc32)cc1. The van der Waals surface area contributed by atoms with Crippen LogP contribution in [0.15, 0.2) is 83.8 Å². The van der Waals surface area contributed by atoms with Crippen LogP contribution in [0.4, 0.5) is 5.69 Å². The van der Waals surface area contributed by atoms with Crippen LogP contribution >= 0.6 is 0 Å². The first-order valence-corrected chi connectivity index (χ1v) is 9.29. The maximum Gasteiger partial charge on any atom is 0.269 e. The molecule has 1 aromatic heterocycles. The normalized spacial score (nSPS) is 10.6. The molecule has 0 saturated carbocycles. The van der Waals surface area contributed by atoms with Crippen molar-refractivity contribution in [1.29, 1.82) is 0 Å². The Morgan fingerprint density at radius 2 is 1.67 bits per heavy atom. The molecule has 1 amide bonds. The first-order valence-electron chi connectivity index (χ1n) is 9.29. The number of aromatic nitrogens is 2. The molecule has 0 bridgehead atoms. The molecule has 0 atom stereocenters. The summed E-state index contributed by atoms with van der Waals surface area (Å²) in [6.45, 7) is -0.110. The standard InChI is InChI=1S/C23H19N3O4/c1-29-20-8-4-5-9-21(20)30-17-12-10-16(11-13-17)25-22(27)15-26-19-7-3-2-6-18(19)24-14-23(26)28/h2-14H,15H2,1H3,(H,25,27). The molecule has 4 rings (SSSR count). The lowest BCUT2D eigenvalue weighted by atomic mass is 10.2. The Balaban J connectivity index is 1.46. The molecular weight excluding hydrogens is 382 g/mol. The van der Waals surface area contributed by atoms with Crippen LogP contribution in [0.3, 0.4) is 0 Å². The van der Waals surface area contributed by atoms with Gasteiger partial charge in [-0.05, 0) is 48.5 Å². The van der Waals surface area contributed by atoms with E-state index in [1.165, 1.54) is 10.8 Å². The molecule has 1 heterocycles. The summed E-state index contributed by atoms with van der Waals surface area (Å²) < 4.78 is 12.5. The third kappa shape index (κ3) is 4.15. The Bertz CT molecular complexity index is 1250. The van der Waals surface area contributed by atoms with Gasteiger partial charge in [0.1, 0.15) is 12.3 Å². The molecular formula is C23H19N3O4. The lowest BCUT2D eigenvalue weighted by molar-refractivity contribution is -0.116. The van der Waals surface area contributed by atoms with Gasteiger partial charge in [0.2, 0.25) is 5.91 Å². The van der Waals surface area contributed by atoms with Gasteiger partial charge < -0.3 is 14.8 Å². The fourth-order valence-corrected chi connectivity index (χ4v) is 3.06. The van der Waals surface area contributed by atoms with E-state index in [0.29, 0.717) is 34.0 Å². The lowest BCUT2D eigenvalue weighted by Gasteiger charge is -2.12. The molecule has 0 aliphatic heterocycles. The van der Waals surface area contributed by atoms with E-state index in [-0.39, 0.29) is 18.0 Å². The molecule has 0 aliphatic rings. The molecule has 0 aliphatic carbocycles. The molecule has 30 heavy (non-hydrogen) atoms. The Kier molecular flexibility index (Phi) is 5.43. The van der Waals surface area contributed by atoms with Crippen LogP contribution in [0.5, 0.6) is 17.2 Å². The van der Waals surface area contributed by atoms with Gasteiger partial charge in [-0.15, -0.1) is 0 Å². The first-order chi connectivity index (χ1) is 14.6. The molecule has 0 fully saturated rings. The van der Waals surface area contributed by atoms with Crippen LogP contribution in [0.1, 0.15) is 0 Å². The molecule has 0 unspecified atom stereocenters. The zero-order valence-corrected chi connectivity index (χ0v) is 16.2. The largest absolute Gasteiger partial charge is 0.493 e. The summed E-state index contributed by atoms with van der Waals surface area (Å²) in [5.41, 5.74) is 1.53. The highest BCUT2D eigenvalue weighted by atomic mass is 16.5. The topological polar surface area (TPSA) is 82.5 Å². The Hall–Kier alpha value is -4.13. The summed E-state index contributed by atoms with van der Waals surface area (Å²) in [6, 6.07) is 21.5. The average Bonchev–Trinajstić information content (AvgIpc) is 2.77. The van der Waals surface area contributed by atoms with Crippen LogP contribution in [0, 0.1) is 0 Å². The second kappa shape index (κ2) is 8.48. The van der Waals surface area contributed by atoms with Crippen LogP contribution < -0.4 is 20.3 Å². The van der Waals surface area contributed by atoms with Gasteiger partial charge in [-0.1, -0.05) is 24.3 Å². The van der Waals surface area contributed by atoms with Crippen LogP contribution in [0.25, 0.3) is 11.0 Å². The monoisotopic (exact) mass is 401 g/mol. The summed E-state index contributed by atoms with van der Waals surface area (Å²) in [6.07, 6.45) is 1.22. The minimum Gasteiger partial charge on any atom is -0.493 e. The van der Waals surface area contributed by atoms with Crippen molar-refractivity contribution in [2.45, 2.75) is 6.54 Å². The summed E-state index contributed by atoms with van der Waals surface area (Å²) in [5.74, 6) is 1.52. The average molecular weight is 401 g/mol. The number of anilines is 1. The minimum absolute atomic E-state index is 0.110. The highest BCUT2D eigenvalue weighted by molar-refractivity contribution is 5.91. The summed E-state index contributed by atoms with van der Waals surface area (Å²) in [7, 11) is 1.58. The lowest BCUT2D eigenvalue weighted by Crippen LogP contribution is -2.27.